The Labute approximate surface area is 167 Å². The molecule has 4 nitrogen and oxygen atoms in total. The predicted molar refractivity (Wildman–Crippen MR) is 116 cm³/mol. The van der Waals surface area contributed by atoms with Crippen molar-refractivity contribution in [3.8, 4) is 0 Å². The number of hydrogen-bond acceptors (Lipinski definition) is 3. The maximum atomic E-state index is 4.43. The Kier molecular flexibility index (Phi) is 8.81. The number of aromatic nitrogens is 2. The average Bonchev–Trinajstić information content (AvgIpc) is 2.70. The van der Waals surface area contributed by atoms with E-state index in [2.05, 4.69) is 83.2 Å². The van der Waals surface area contributed by atoms with Gasteiger partial charge in [0, 0.05) is 31.1 Å². The summed E-state index contributed by atoms with van der Waals surface area (Å²) in [5.74, 6) is 0.981. The van der Waals surface area contributed by atoms with E-state index >= 15 is 0 Å². The highest BCUT2D eigenvalue weighted by molar-refractivity contribution is 7.99. The minimum atomic E-state index is 0.952. The zero-order valence-corrected chi connectivity index (χ0v) is 17.5. The summed E-state index contributed by atoms with van der Waals surface area (Å²) < 4.78 is 2.06. The van der Waals surface area contributed by atoms with E-state index in [1.807, 2.05) is 37.9 Å². The van der Waals surface area contributed by atoms with Gasteiger partial charge in [0.1, 0.15) is 6.20 Å². The summed E-state index contributed by atoms with van der Waals surface area (Å²) in [6.07, 6.45) is 14.5. The molecule has 0 unspecified atom stereocenters. The molecule has 1 heterocycles. The number of thioether (sulfide) groups is 1. The fraction of sp³-hybridized carbons (Fsp3) is 0.273. The summed E-state index contributed by atoms with van der Waals surface area (Å²) in [6.45, 7) is 3.01. The van der Waals surface area contributed by atoms with Gasteiger partial charge in [-0.05, 0) is 46.9 Å². The van der Waals surface area contributed by atoms with E-state index in [0.717, 1.165) is 17.5 Å². The number of quaternary nitrogens is 1. The van der Waals surface area contributed by atoms with Gasteiger partial charge in [0.05, 0.1) is 26.5 Å². The highest BCUT2D eigenvalue weighted by atomic mass is 32.2. The molecule has 27 heavy (non-hydrogen) atoms. The molecule has 142 valence electrons. The number of allylic oxidation sites excluding steroid dienone is 4. The maximum absolute atomic E-state index is 4.43. The summed E-state index contributed by atoms with van der Waals surface area (Å²) in [7, 11) is 6.21. The van der Waals surface area contributed by atoms with Gasteiger partial charge in [0.25, 0.3) is 0 Å². The molecule has 2 aromatic rings. The van der Waals surface area contributed by atoms with Crippen LogP contribution in [0, 0.1) is 0 Å². The van der Waals surface area contributed by atoms with Gasteiger partial charge in [-0.15, -0.1) is 0 Å². The van der Waals surface area contributed by atoms with Crippen LogP contribution in [-0.4, -0.2) is 31.4 Å². The van der Waals surface area contributed by atoms with E-state index in [4.69, 9.17) is 0 Å². The van der Waals surface area contributed by atoms with Crippen molar-refractivity contribution in [2.24, 2.45) is 7.05 Å². The van der Waals surface area contributed by atoms with Crippen LogP contribution in [-0.2, 0) is 7.05 Å². The molecule has 1 aromatic carbocycles. The van der Waals surface area contributed by atoms with Gasteiger partial charge in [0.2, 0.25) is 0 Å². The Hall–Kier alpha value is -2.37. The third kappa shape index (κ3) is 6.70. The topological polar surface area (TPSA) is 36.6 Å². The van der Waals surface area contributed by atoms with E-state index in [1.165, 1.54) is 16.8 Å². The molecule has 0 saturated carbocycles. The van der Waals surface area contributed by atoms with Crippen LogP contribution in [0.2, 0.25) is 0 Å². The fourth-order valence-electron chi connectivity index (χ4n) is 2.58. The Morgan fingerprint density at radius 2 is 2.07 bits per heavy atom. The van der Waals surface area contributed by atoms with Crippen molar-refractivity contribution in [2.75, 3.05) is 31.3 Å². The molecule has 0 saturated heterocycles. The molecule has 0 amide bonds. The molecule has 0 spiro atoms. The lowest BCUT2D eigenvalue weighted by atomic mass is 10.1. The molecule has 0 bridgehead atoms. The summed E-state index contributed by atoms with van der Waals surface area (Å²) >= 11 is 1.78. The first-order valence-corrected chi connectivity index (χ1v) is 10.2. The summed E-state index contributed by atoms with van der Waals surface area (Å²) in [5, 5.41) is 3.08. The number of para-hydroxylation sites is 1. The molecule has 1 aromatic heterocycles. The lowest BCUT2D eigenvalue weighted by Gasteiger charge is -2.21. The third-order valence-corrected chi connectivity index (χ3v) is 5.20. The van der Waals surface area contributed by atoms with Crippen molar-refractivity contribution in [2.45, 2.75) is 12.1 Å². The Morgan fingerprint density at radius 3 is 2.81 bits per heavy atom. The zero-order chi connectivity index (χ0) is 19.5. The second-order valence-corrected chi connectivity index (χ2v) is 7.22. The van der Waals surface area contributed by atoms with Crippen molar-refractivity contribution in [1.29, 1.82) is 0 Å². The monoisotopic (exact) mass is 382 g/mol. The zero-order valence-electron chi connectivity index (χ0n) is 16.7. The van der Waals surface area contributed by atoms with Gasteiger partial charge < -0.3 is 10.2 Å². The first-order chi connectivity index (χ1) is 13.2. The van der Waals surface area contributed by atoms with Gasteiger partial charge in [-0.1, -0.05) is 36.4 Å². The number of benzene rings is 1. The average molecular weight is 383 g/mol. The molecule has 0 atom stereocenters. The normalized spacial score (nSPS) is 12.2. The van der Waals surface area contributed by atoms with Gasteiger partial charge in [-0.2, -0.15) is 0 Å². The lowest BCUT2D eigenvalue weighted by Crippen LogP contribution is -2.72. The van der Waals surface area contributed by atoms with E-state index < -0.39 is 0 Å². The molecule has 2 rings (SSSR count). The molecule has 2 N–H and O–H groups in total. The highest BCUT2D eigenvalue weighted by Crippen LogP contribution is 2.22. The second-order valence-electron chi connectivity index (χ2n) is 6.16. The summed E-state index contributed by atoms with van der Waals surface area (Å²) in [6, 6.07) is 10.5. The number of nitrogens with two attached hydrogens (primary N) is 1. The molecular formula is C22H30N4S+2. The molecule has 0 aliphatic carbocycles. The lowest BCUT2D eigenvalue weighted by molar-refractivity contribution is -0.713. The van der Waals surface area contributed by atoms with Crippen molar-refractivity contribution >= 4 is 23.5 Å². The Morgan fingerprint density at radius 1 is 1.26 bits per heavy atom. The molecule has 0 fully saturated rings. The summed E-state index contributed by atoms with van der Waals surface area (Å²) in [5.41, 5.74) is 3.66. The van der Waals surface area contributed by atoms with E-state index in [1.54, 1.807) is 11.8 Å². The Balaban J connectivity index is 2.03. The maximum Gasteiger partial charge on any atom is 0.358 e. The SMILES string of the molecule is C/C=C(\C=C/[NH2+]C)/C=C/c1ccccc1N(C)CCSc1nccc[n+]1C. The fourth-order valence-corrected chi connectivity index (χ4v) is 3.53. The van der Waals surface area contributed by atoms with Crippen LogP contribution in [0.1, 0.15) is 12.5 Å². The standard InChI is InChI=1S/C22H29N4S/c1-5-19(13-15-23-2)11-12-20-9-6-7-10-21(20)25(3)17-18-27-22-24-14-8-16-26(22)4/h5-16,23H,17-18H2,1-4H3/q+1/p+1/b12-11+,15-13-,19-5-. The van der Waals surface area contributed by atoms with Crippen molar-refractivity contribution in [1.82, 2.24) is 4.98 Å². The predicted octanol–water partition coefficient (Wildman–Crippen LogP) is 2.80. The largest absolute Gasteiger partial charge is 0.373 e. The van der Waals surface area contributed by atoms with Gasteiger partial charge in [-0.3, -0.25) is 0 Å². The van der Waals surface area contributed by atoms with Crippen molar-refractivity contribution in [3.63, 3.8) is 0 Å². The number of hydrogen-bond donors (Lipinski definition) is 1. The van der Waals surface area contributed by atoms with Crippen LogP contribution in [0.3, 0.4) is 0 Å². The van der Waals surface area contributed by atoms with Crippen LogP contribution >= 0.6 is 11.8 Å². The van der Waals surface area contributed by atoms with Crippen LogP contribution in [0.25, 0.3) is 6.08 Å². The van der Waals surface area contributed by atoms with Gasteiger partial charge >= 0.3 is 5.16 Å². The molecule has 0 aliphatic heterocycles. The highest BCUT2D eigenvalue weighted by Gasteiger charge is 2.10. The van der Waals surface area contributed by atoms with E-state index in [-0.39, 0.29) is 0 Å². The minimum absolute atomic E-state index is 0.952. The van der Waals surface area contributed by atoms with Crippen LogP contribution < -0.4 is 14.8 Å². The third-order valence-electron chi connectivity index (χ3n) is 4.16. The molecular weight excluding hydrogens is 352 g/mol. The van der Waals surface area contributed by atoms with E-state index in [9.17, 15) is 0 Å². The quantitative estimate of drug-likeness (QED) is 0.314. The van der Waals surface area contributed by atoms with Gasteiger partial charge in [0.15, 0.2) is 0 Å². The molecule has 5 heteroatoms. The smallest absolute Gasteiger partial charge is 0.358 e. The number of rotatable bonds is 9. The number of nitrogens with zero attached hydrogens (tertiary/aromatic N) is 3. The second kappa shape index (κ2) is 11.4. The van der Waals surface area contributed by atoms with Crippen LogP contribution in [0.15, 0.2) is 77.9 Å². The molecule has 0 aliphatic rings. The van der Waals surface area contributed by atoms with Crippen LogP contribution in [0.5, 0.6) is 0 Å². The van der Waals surface area contributed by atoms with Crippen molar-refractivity contribution in [3.05, 3.63) is 78.3 Å². The molecule has 0 radical (unpaired) electrons. The van der Waals surface area contributed by atoms with Crippen LogP contribution in [0.4, 0.5) is 5.69 Å². The van der Waals surface area contributed by atoms with E-state index in [0.29, 0.717) is 0 Å². The Bertz CT molecular complexity index is 811. The summed E-state index contributed by atoms with van der Waals surface area (Å²) in [4.78, 5) is 6.74. The first-order valence-electron chi connectivity index (χ1n) is 9.19. The van der Waals surface area contributed by atoms with Crippen molar-refractivity contribution < 1.29 is 9.88 Å². The minimum Gasteiger partial charge on any atom is -0.373 e. The number of anilines is 1. The number of aryl methyl sites for hydroxylation is 1. The van der Waals surface area contributed by atoms with Gasteiger partial charge in [-0.25, -0.2) is 4.57 Å². The first kappa shape index (κ1) is 20.9.